The van der Waals surface area contributed by atoms with Crippen LogP contribution in [0.4, 0.5) is 0 Å². The molecule has 0 N–H and O–H groups in total. The first-order chi connectivity index (χ1) is 16.5. The second kappa shape index (κ2) is 10.2. The summed E-state index contributed by atoms with van der Waals surface area (Å²) in [5.41, 5.74) is 5.28. The number of carbonyl (C=O) groups is 2. The first kappa shape index (κ1) is 23.7. The number of methoxy groups -OCH3 is 1. The molecular formula is C29H31NO4. The molecule has 3 aromatic rings. The van der Waals surface area contributed by atoms with E-state index in [0.717, 1.165) is 12.8 Å². The molecule has 1 aliphatic carbocycles. The quantitative estimate of drug-likeness (QED) is 0.468. The zero-order chi connectivity index (χ0) is 24.1. The van der Waals surface area contributed by atoms with E-state index in [4.69, 9.17) is 9.47 Å². The molecule has 34 heavy (non-hydrogen) atoms. The summed E-state index contributed by atoms with van der Waals surface area (Å²) in [4.78, 5) is 26.6. The van der Waals surface area contributed by atoms with E-state index in [1.54, 1.807) is 29.2 Å². The summed E-state index contributed by atoms with van der Waals surface area (Å²) in [6.07, 6.45) is 2.56. The van der Waals surface area contributed by atoms with Gasteiger partial charge in [-0.3, -0.25) is 4.79 Å². The van der Waals surface area contributed by atoms with Gasteiger partial charge in [-0.05, 0) is 66.3 Å². The Hall–Kier alpha value is -3.44. The van der Waals surface area contributed by atoms with Crippen molar-refractivity contribution in [2.75, 3.05) is 27.3 Å². The van der Waals surface area contributed by atoms with Gasteiger partial charge in [0.15, 0.2) is 0 Å². The van der Waals surface area contributed by atoms with Gasteiger partial charge < -0.3 is 14.4 Å². The second-order valence-electron chi connectivity index (χ2n) is 8.62. The van der Waals surface area contributed by atoms with Crippen molar-refractivity contribution >= 4 is 11.9 Å². The van der Waals surface area contributed by atoms with Crippen LogP contribution < -0.4 is 0 Å². The van der Waals surface area contributed by atoms with Crippen LogP contribution in [0.3, 0.4) is 0 Å². The summed E-state index contributed by atoms with van der Waals surface area (Å²) in [5.74, 6) is -0.519. The van der Waals surface area contributed by atoms with Gasteiger partial charge in [0.2, 0.25) is 0 Å². The van der Waals surface area contributed by atoms with Gasteiger partial charge >= 0.3 is 5.97 Å². The number of hydrogen-bond donors (Lipinski definition) is 0. The number of aryl methyl sites for hydroxylation is 2. The lowest BCUT2D eigenvalue weighted by Gasteiger charge is -2.37. The molecule has 3 aromatic carbocycles. The zero-order valence-electron chi connectivity index (χ0n) is 20.0. The normalized spacial score (nSPS) is 13.9. The molecule has 0 atom stereocenters. The van der Waals surface area contributed by atoms with Gasteiger partial charge in [-0.25, -0.2) is 4.79 Å². The van der Waals surface area contributed by atoms with Crippen molar-refractivity contribution in [1.29, 1.82) is 0 Å². The predicted octanol–water partition coefficient (Wildman–Crippen LogP) is 5.01. The lowest BCUT2D eigenvalue weighted by molar-refractivity contribution is -0.0221. The topological polar surface area (TPSA) is 55.8 Å². The minimum Gasteiger partial charge on any atom is -0.465 e. The van der Waals surface area contributed by atoms with Gasteiger partial charge in [0.05, 0.1) is 12.7 Å². The third kappa shape index (κ3) is 4.48. The van der Waals surface area contributed by atoms with Crippen LogP contribution in [0.2, 0.25) is 0 Å². The van der Waals surface area contributed by atoms with E-state index in [9.17, 15) is 9.59 Å². The maximum absolute atomic E-state index is 13.2. The highest BCUT2D eigenvalue weighted by Crippen LogP contribution is 2.43. The first-order valence-electron chi connectivity index (χ1n) is 11.7. The molecule has 4 rings (SSSR count). The van der Waals surface area contributed by atoms with Crippen molar-refractivity contribution in [1.82, 2.24) is 4.90 Å². The van der Waals surface area contributed by atoms with Crippen molar-refractivity contribution in [3.63, 3.8) is 0 Å². The van der Waals surface area contributed by atoms with E-state index in [2.05, 4.69) is 48.5 Å². The van der Waals surface area contributed by atoms with Gasteiger partial charge in [0.1, 0.15) is 5.60 Å². The summed E-state index contributed by atoms with van der Waals surface area (Å²) in [6, 6.07) is 23.6. The van der Waals surface area contributed by atoms with E-state index < -0.39 is 11.6 Å². The van der Waals surface area contributed by atoms with Crippen molar-refractivity contribution in [3.8, 4) is 0 Å². The number of amides is 1. The molecule has 1 aliphatic rings. The number of benzene rings is 3. The minimum absolute atomic E-state index is 0.0988. The molecule has 0 unspecified atom stereocenters. The highest BCUT2D eigenvalue weighted by Gasteiger charge is 2.40. The summed E-state index contributed by atoms with van der Waals surface area (Å²) in [7, 11) is 3.15. The first-order valence-corrected chi connectivity index (χ1v) is 11.7. The van der Waals surface area contributed by atoms with E-state index in [0.29, 0.717) is 30.7 Å². The Bertz CT molecular complexity index is 1120. The molecule has 1 amide bonds. The van der Waals surface area contributed by atoms with E-state index in [-0.39, 0.29) is 5.91 Å². The zero-order valence-corrected chi connectivity index (χ0v) is 20.0. The molecule has 0 radical (unpaired) electrons. The van der Waals surface area contributed by atoms with Crippen molar-refractivity contribution < 1.29 is 19.1 Å². The average Bonchev–Trinajstić information content (AvgIpc) is 3.02. The fourth-order valence-corrected chi connectivity index (χ4v) is 4.94. The Morgan fingerprint density at radius 3 is 1.91 bits per heavy atom. The van der Waals surface area contributed by atoms with Crippen molar-refractivity contribution in [3.05, 3.63) is 106 Å². The summed E-state index contributed by atoms with van der Waals surface area (Å²) in [6.45, 7) is 3.10. The number of ether oxygens (including phenoxy) is 2. The number of nitrogens with zero attached hydrogens (tertiary/aromatic N) is 1. The van der Waals surface area contributed by atoms with Gasteiger partial charge in [-0.1, -0.05) is 48.5 Å². The van der Waals surface area contributed by atoms with Crippen LogP contribution in [0.15, 0.2) is 72.8 Å². The number of carbonyl (C=O) groups excluding carboxylic acids is 2. The predicted molar refractivity (Wildman–Crippen MR) is 132 cm³/mol. The molecule has 5 heteroatoms. The van der Waals surface area contributed by atoms with Crippen LogP contribution in [-0.4, -0.2) is 44.1 Å². The van der Waals surface area contributed by atoms with Crippen LogP contribution in [-0.2, 0) is 27.9 Å². The number of rotatable bonds is 7. The largest absolute Gasteiger partial charge is 0.465 e. The van der Waals surface area contributed by atoms with Gasteiger partial charge in [0, 0.05) is 32.2 Å². The molecule has 0 saturated carbocycles. The molecule has 0 fully saturated rings. The molecule has 0 aliphatic heterocycles. The highest BCUT2D eigenvalue weighted by molar-refractivity contribution is 5.96. The van der Waals surface area contributed by atoms with Gasteiger partial charge in [0.25, 0.3) is 5.91 Å². The number of esters is 1. The minimum atomic E-state index is -0.623. The Labute approximate surface area is 201 Å². The fourth-order valence-electron chi connectivity index (χ4n) is 4.94. The Morgan fingerprint density at radius 2 is 1.38 bits per heavy atom. The summed E-state index contributed by atoms with van der Waals surface area (Å²) < 4.78 is 11.3. The Kier molecular flexibility index (Phi) is 7.13. The molecule has 0 spiro atoms. The third-order valence-electron chi connectivity index (χ3n) is 6.66. The van der Waals surface area contributed by atoms with E-state index in [1.165, 1.54) is 29.4 Å². The van der Waals surface area contributed by atoms with Crippen LogP contribution in [0, 0.1) is 0 Å². The molecule has 0 heterocycles. The van der Waals surface area contributed by atoms with Crippen molar-refractivity contribution in [2.24, 2.45) is 0 Å². The SMILES string of the molecule is CCOC1(CCN(C)C(=O)c2ccc(C(=O)OC)cc2)c2ccccc2CCc2ccccc21. The molecule has 0 aromatic heterocycles. The average molecular weight is 458 g/mol. The Balaban J connectivity index is 1.64. The Morgan fingerprint density at radius 1 is 0.853 bits per heavy atom. The smallest absolute Gasteiger partial charge is 0.337 e. The molecular weight excluding hydrogens is 426 g/mol. The second-order valence-corrected chi connectivity index (χ2v) is 8.62. The number of fused-ring (bicyclic) bond motifs is 2. The van der Waals surface area contributed by atoms with Crippen LogP contribution >= 0.6 is 0 Å². The number of hydrogen-bond acceptors (Lipinski definition) is 4. The molecule has 176 valence electrons. The highest BCUT2D eigenvalue weighted by atomic mass is 16.5. The lowest BCUT2D eigenvalue weighted by Crippen LogP contribution is -2.38. The summed E-state index contributed by atoms with van der Waals surface area (Å²) >= 11 is 0. The van der Waals surface area contributed by atoms with Crippen molar-refractivity contribution in [2.45, 2.75) is 31.8 Å². The van der Waals surface area contributed by atoms with Crippen LogP contribution in [0.5, 0.6) is 0 Å². The third-order valence-corrected chi connectivity index (χ3v) is 6.66. The van der Waals surface area contributed by atoms with E-state index in [1.807, 2.05) is 14.0 Å². The maximum atomic E-state index is 13.2. The monoisotopic (exact) mass is 457 g/mol. The van der Waals surface area contributed by atoms with Crippen LogP contribution in [0.1, 0.15) is 56.3 Å². The van der Waals surface area contributed by atoms with Gasteiger partial charge in [-0.2, -0.15) is 0 Å². The van der Waals surface area contributed by atoms with Gasteiger partial charge in [-0.15, -0.1) is 0 Å². The standard InChI is InChI=1S/C29H31NO4/c1-4-34-29(19-20-30(2)27(31)23-15-17-24(18-16-23)28(32)33-3)25-11-7-5-9-21(25)13-14-22-10-6-8-12-26(22)29/h5-12,15-18H,4,13-14,19-20H2,1-3H3. The molecule has 5 nitrogen and oxygen atoms in total. The maximum Gasteiger partial charge on any atom is 0.337 e. The summed E-state index contributed by atoms with van der Waals surface area (Å²) in [5, 5.41) is 0. The molecule has 0 saturated heterocycles. The van der Waals surface area contributed by atoms with E-state index >= 15 is 0 Å². The van der Waals surface area contributed by atoms with Crippen LogP contribution in [0.25, 0.3) is 0 Å². The lowest BCUT2D eigenvalue weighted by atomic mass is 9.80. The molecule has 0 bridgehead atoms. The fraction of sp³-hybridized carbons (Fsp3) is 0.310.